The van der Waals surface area contributed by atoms with Crippen molar-refractivity contribution in [3.63, 3.8) is 0 Å². The summed E-state index contributed by atoms with van der Waals surface area (Å²) in [4.78, 5) is 27.6. The number of para-hydroxylation sites is 1. The quantitative estimate of drug-likeness (QED) is 0.707. The minimum atomic E-state index is -1.16. The van der Waals surface area contributed by atoms with Gasteiger partial charge in [-0.25, -0.2) is 4.68 Å². The van der Waals surface area contributed by atoms with Crippen molar-refractivity contribution in [2.45, 2.75) is 11.8 Å². The number of nitrogens with zero attached hydrogens (tertiary/aromatic N) is 3. The molecular formula is C20H15ClN4O2. The first-order valence-electron chi connectivity index (χ1n) is 8.55. The molecule has 2 aromatic carbocycles. The van der Waals surface area contributed by atoms with E-state index in [-0.39, 0.29) is 18.2 Å². The number of aromatic nitrogens is 2. The SMILES string of the molecule is CN1C(=O)[C@@]2(CC(=O)Nc3c2cnn3-c2ccccc2)c2c(Cl)cccc21. The van der Waals surface area contributed by atoms with Crippen molar-refractivity contribution in [1.82, 2.24) is 9.78 Å². The van der Waals surface area contributed by atoms with Gasteiger partial charge in [0.05, 0.1) is 11.9 Å². The number of halogens is 1. The predicted molar refractivity (Wildman–Crippen MR) is 102 cm³/mol. The molecule has 2 amide bonds. The Hall–Kier alpha value is -3.12. The Morgan fingerprint density at radius 3 is 2.67 bits per heavy atom. The molecule has 1 spiro atoms. The zero-order chi connectivity index (χ0) is 18.8. The normalized spacial score (nSPS) is 20.6. The first-order valence-corrected chi connectivity index (χ1v) is 8.93. The molecule has 0 fully saturated rings. The third-order valence-electron chi connectivity index (χ3n) is 5.36. The van der Waals surface area contributed by atoms with Crippen molar-refractivity contribution in [2.75, 3.05) is 17.3 Å². The monoisotopic (exact) mass is 378 g/mol. The van der Waals surface area contributed by atoms with E-state index in [4.69, 9.17) is 11.6 Å². The van der Waals surface area contributed by atoms with Gasteiger partial charge in [-0.1, -0.05) is 35.9 Å². The van der Waals surface area contributed by atoms with Gasteiger partial charge in [-0.05, 0) is 24.3 Å². The first-order chi connectivity index (χ1) is 13.0. The highest BCUT2D eigenvalue weighted by atomic mass is 35.5. The van der Waals surface area contributed by atoms with E-state index in [1.165, 1.54) is 0 Å². The van der Waals surface area contributed by atoms with E-state index in [0.717, 1.165) is 11.4 Å². The summed E-state index contributed by atoms with van der Waals surface area (Å²) < 4.78 is 1.65. The third-order valence-corrected chi connectivity index (χ3v) is 5.68. The summed E-state index contributed by atoms with van der Waals surface area (Å²) in [5, 5.41) is 7.83. The van der Waals surface area contributed by atoms with Crippen molar-refractivity contribution in [1.29, 1.82) is 0 Å². The van der Waals surface area contributed by atoms with Crippen LogP contribution in [0.1, 0.15) is 17.5 Å². The van der Waals surface area contributed by atoms with Gasteiger partial charge in [-0.2, -0.15) is 5.10 Å². The second-order valence-electron chi connectivity index (χ2n) is 6.78. The number of benzene rings is 2. The van der Waals surface area contributed by atoms with E-state index in [1.54, 1.807) is 35.0 Å². The Morgan fingerprint density at radius 2 is 1.89 bits per heavy atom. The fourth-order valence-corrected chi connectivity index (χ4v) is 4.52. The van der Waals surface area contributed by atoms with E-state index >= 15 is 0 Å². The van der Waals surface area contributed by atoms with E-state index in [1.807, 2.05) is 36.4 Å². The summed E-state index contributed by atoms with van der Waals surface area (Å²) in [6.07, 6.45) is 1.66. The van der Waals surface area contributed by atoms with Gasteiger partial charge < -0.3 is 10.2 Å². The molecule has 0 unspecified atom stereocenters. The van der Waals surface area contributed by atoms with Gasteiger partial charge in [0.1, 0.15) is 11.2 Å². The molecule has 5 rings (SSSR count). The minimum absolute atomic E-state index is 0.000387. The Labute approximate surface area is 160 Å². The fraction of sp³-hybridized carbons (Fsp3) is 0.150. The Bertz CT molecular complexity index is 1110. The summed E-state index contributed by atoms with van der Waals surface area (Å²) in [6, 6.07) is 14.9. The number of amides is 2. The summed E-state index contributed by atoms with van der Waals surface area (Å²) in [6.45, 7) is 0. The maximum Gasteiger partial charge on any atom is 0.242 e. The van der Waals surface area contributed by atoms with Crippen LogP contribution in [0.5, 0.6) is 0 Å². The molecule has 0 saturated carbocycles. The van der Waals surface area contributed by atoms with Gasteiger partial charge >= 0.3 is 0 Å². The zero-order valence-electron chi connectivity index (χ0n) is 14.4. The molecule has 0 saturated heterocycles. The van der Waals surface area contributed by atoms with Crippen LogP contribution < -0.4 is 10.2 Å². The van der Waals surface area contributed by atoms with Crippen molar-refractivity contribution in [3.8, 4) is 5.69 Å². The highest BCUT2D eigenvalue weighted by molar-refractivity contribution is 6.33. The van der Waals surface area contributed by atoms with Gasteiger partial charge in [0.15, 0.2) is 0 Å². The molecule has 2 aliphatic heterocycles. The molecule has 0 aliphatic carbocycles. The lowest BCUT2D eigenvalue weighted by atomic mass is 9.71. The van der Waals surface area contributed by atoms with Crippen LogP contribution >= 0.6 is 11.6 Å². The molecule has 27 heavy (non-hydrogen) atoms. The van der Waals surface area contributed by atoms with Gasteiger partial charge in [-0.3, -0.25) is 9.59 Å². The second-order valence-corrected chi connectivity index (χ2v) is 7.19. The molecule has 0 radical (unpaired) electrons. The van der Waals surface area contributed by atoms with E-state index in [0.29, 0.717) is 22.0 Å². The molecular weight excluding hydrogens is 364 g/mol. The summed E-state index contributed by atoms with van der Waals surface area (Å²) in [5.41, 5.74) is 1.69. The average Bonchev–Trinajstić information content (AvgIpc) is 3.18. The van der Waals surface area contributed by atoms with Crippen LogP contribution in [0, 0.1) is 0 Å². The molecule has 3 heterocycles. The Morgan fingerprint density at radius 1 is 1.11 bits per heavy atom. The largest absolute Gasteiger partial charge is 0.314 e. The van der Waals surface area contributed by atoms with Crippen LogP contribution in [-0.4, -0.2) is 28.6 Å². The zero-order valence-corrected chi connectivity index (χ0v) is 15.2. The summed E-state index contributed by atoms with van der Waals surface area (Å²) in [5.74, 6) is 0.0935. The smallest absolute Gasteiger partial charge is 0.242 e. The number of nitrogens with one attached hydrogen (secondary N) is 1. The Balaban J connectivity index is 1.82. The number of fused-ring (bicyclic) bond motifs is 4. The molecule has 134 valence electrons. The summed E-state index contributed by atoms with van der Waals surface area (Å²) in [7, 11) is 1.71. The first kappa shape index (κ1) is 16.1. The van der Waals surface area contributed by atoms with Crippen molar-refractivity contribution >= 4 is 34.9 Å². The van der Waals surface area contributed by atoms with Crippen molar-refractivity contribution in [3.05, 3.63) is 70.9 Å². The lowest BCUT2D eigenvalue weighted by molar-refractivity contribution is -0.126. The van der Waals surface area contributed by atoms with Crippen LogP contribution in [-0.2, 0) is 15.0 Å². The number of hydrogen-bond acceptors (Lipinski definition) is 3. The number of carbonyl (C=O) groups is 2. The molecule has 0 bridgehead atoms. The maximum absolute atomic E-state index is 13.4. The molecule has 7 heteroatoms. The highest BCUT2D eigenvalue weighted by Crippen LogP contribution is 2.54. The standard InChI is InChI=1S/C20H15ClN4O2/c1-24-15-9-5-8-14(21)17(15)20(19(24)27)10-16(26)23-18-13(20)11-22-25(18)12-6-3-2-4-7-12/h2-9,11H,10H2,1H3,(H,23,26)/t20-/m1/s1. The molecule has 1 N–H and O–H groups in total. The third kappa shape index (κ3) is 1.99. The summed E-state index contributed by atoms with van der Waals surface area (Å²) >= 11 is 6.52. The van der Waals surface area contributed by atoms with E-state index < -0.39 is 5.41 Å². The molecule has 3 aromatic rings. The van der Waals surface area contributed by atoms with Crippen LogP contribution in [0.2, 0.25) is 5.02 Å². The van der Waals surface area contributed by atoms with E-state index in [9.17, 15) is 9.59 Å². The predicted octanol–water partition coefficient (Wildman–Crippen LogP) is 3.13. The van der Waals surface area contributed by atoms with Crippen LogP contribution in [0.4, 0.5) is 11.5 Å². The number of rotatable bonds is 1. The van der Waals surface area contributed by atoms with Gasteiger partial charge in [0, 0.05) is 35.3 Å². The highest BCUT2D eigenvalue weighted by Gasteiger charge is 2.57. The van der Waals surface area contributed by atoms with Gasteiger partial charge in [0.2, 0.25) is 11.8 Å². The maximum atomic E-state index is 13.4. The second kappa shape index (κ2) is 5.44. The lowest BCUT2D eigenvalue weighted by Gasteiger charge is -2.32. The average molecular weight is 379 g/mol. The topological polar surface area (TPSA) is 67.2 Å². The van der Waals surface area contributed by atoms with Gasteiger partial charge in [-0.15, -0.1) is 0 Å². The number of likely N-dealkylation sites (N-methyl/N-ethyl adjacent to an activating group) is 1. The van der Waals surface area contributed by atoms with Crippen LogP contribution in [0.3, 0.4) is 0 Å². The minimum Gasteiger partial charge on any atom is -0.314 e. The molecule has 1 atom stereocenters. The van der Waals surface area contributed by atoms with E-state index in [2.05, 4.69) is 10.4 Å². The molecule has 6 nitrogen and oxygen atoms in total. The van der Waals surface area contributed by atoms with Crippen molar-refractivity contribution < 1.29 is 9.59 Å². The lowest BCUT2D eigenvalue weighted by Crippen LogP contribution is -2.45. The number of hydrogen-bond donors (Lipinski definition) is 1. The van der Waals surface area contributed by atoms with Gasteiger partial charge in [0.25, 0.3) is 0 Å². The fourth-order valence-electron chi connectivity index (χ4n) is 4.19. The van der Waals surface area contributed by atoms with Crippen LogP contribution in [0.25, 0.3) is 5.69 Å². The van der Waals surface area contributed by atoms with Crippen LogP contribution in [0.15, 0.2) is 54.7 Å². The number of carbonyl (C=O) groups excluding carboxylic acids is 2. The molecule has 1 aromatic heterocycles. The molecule has 2 aliphatic rings. The number of anilines is 2. The Kier molecular flexibility index (Phi) is 3.24. The van der Waals surface area contributed by atoms with Crippen molar-refractivity contribution in [2.24, 2.45) is 0 Å².